The Morgan fingerprint density at radius 1 is 1.15 bits per heavy atom. The Balaban J connectivity index is 1.84. The van der Waals surface area contributed by atoms with Gasteiger partial charge in [0.2, 0.25) is 0 Å². The van der Waals surface area contributed by atoms with E-state index in [1.54, 1.807) is 7.11 Å². The molecule has 3 heteroatoms. The lowest BCUT2D eigenvalue weighted by molar-refractivity contribution is 0.414. The molecular weight excluding hydrogens is 248 g/mol. The molecule has 3 nitrogen and oxygen atoms in total. The van der Waals surface area contributed by atoms with Crippen LogP contribution in [0.2, 0.25) is 0 Å². The summed E-state index contributed by atoms with van der Waals surface area (Å²) < 4.78 is 7.40. The predicted octanol–water partition coefficient (Wildman–Crippen LogP) is 3.87. The van der Waals surface area contributed by atoms with Gasteiger partial charge >= 0.3 is 0 Å². The minimum Gasteiger partial charge on any atom is -0.497 e. The summed E-state index contributed by atoms with van der Waals surface area (Å²) in [5.74, 6) is 0.891. The Labute approximate surface area is 118 Å². The van der Waals surface area contributed by atoms with Crippen molar-refractivity contribution in [3.8, 4) is 5.75 Å². The van der Waals surface area contributed by atoms with Crippen LogP contribution in [0, 0.1) is 6.92 Å². The van der Waals surface area contributed by atoms with Crippen molar-refractivity contribution in [2.45, 2.75) is 13.5 Å². The van der Waals surface area contributed by atoms with Crippen LogP contribution in [0.4, 0.5) is 5.69 Å². The first-order valence-corrected chi connectivity index (χ1v) is 6.71. The maximum absolute atomic E-state index is 5.25. The van der Waals surface area contributed by atoms with Crippen LogP contribution in [0.3, 0.4) is 0 Å². The molecule has 2 aromatic heterocycles. The van der Waals surface area contributed by atoms with Gasteiger partial charge in [-0.05, 0) is 42.3 Å². The van der Waals surface area contributed by atoms with Crippen LogP contribution in [-0.2, 0) is 6.54 Å². The number of ether oxygens (including phenoxy) is 1. The smallest absolute Gasteiger partial charge is 0.119 e. The molecule has 0 saturated carbocycles. The van der Waals surface area contributed by atoms with Gasteiger partial charge in [0.05, 0.1) is 18.3 Å². The molecule has 0 aliphatic heterocycles. The highest BCUT2D eigenvalue weighted by Crippen LogP contribution is 2.24. The van der Waals surface area contributed by atoms with Gasteiger partial charge in [0.25, 0.3) is 0 Å². The van der Waals surface area contributed by atoms with E-state index in [2.05, 4.69) is 53.3 Å². The highest BCUT2D eigenvalue weighted by molar-refractivity contribution is 5.76. The summed E-state index contributed by atoms with van der Waals surface area (Å²) in [4.78, 5) is 0. The second-order valence-electron chi connectivity index (χ2n) is 4.89. The van der Waals surface area contributed by atoms with Crippen LogP contribution in [-0.4, -0.2) is 11.5 Å². The molecule has 1 N–H and O–H groups in total. The molecule has 0 spiro atoms. The Kier molecular flexibility index (Phi) is 3.33. The third-order valence-corrected chi connectivity index (χ3v) is 3.48. The molecule has 20 heavy (non-hydrogen) atoms. The summed E-state index contributed by atoms with van der Waals surface area (Å²) >= 11 is 0. The fourth-order valence-corrected chi connectivity index (χ4v) is 2.46. The molecular formula is C17H18N2O. The molecule has 102 valence electrons. The number of aromatic nitrogens is 1. The zero-order valence-corrected chi connectivity index (χ0v) is 11.8. The predicted molar refractivity (Wildman–Crippen MR) is 82.5 cm³/mol. The number of nitrogens with one attached hydrogen (secondary N) is 1. The molecule has 0 unspecified atom stereocenters. The summed E-state index contributed by atoms with van der Waals surface area (Å²) in [5.41, 5.74) is 4.85. The monoisotopic (exact) mass is 266 g/mol. The van der Waals surface area contributed by atoms with Gasteiger partial charge < -0.3 is 14.5 Å². The lowest BCUT2D eigenvalue weighted by Gasteiger charge is -2.08. The largest absolute Gasteiger partial charge is 0.497 e. The molecule has 0 aliphatic carbocycles. The van der Waals surface area contributed by atoms with Gasteiger partial charge in [-0.15, -0.1) is 0 Å². The molecule has 0 fully saturated rings. The van der Waals surface area contributed by atoms with Crippen molar-refractivity contribution in [2.75, 3.05) is 12.4 Å². The molecule has 1 aromatic carbocycles. The first-order valence-electron chi connectivity index (χ1n) is 6.71. The van der Waals surface area contributed by atoms with Crippen molar-refractivity contribution in [3.05, 3.63) is 66.0 Å². The Bertz CT molecular complexity index is 731. The van der Waals surface area contributed by atoms with Crippen molar-refractivity contribution in [1.29, 1.82) is 0 Å². The van der Waals surface area contributed by atoms with E-state index in [9.17, 15) is 0 Å². The molecule has 0 amide bonds. The van der Waals surface area contributed by atoms with Crippen molar-refractivity contribution >= 4 is 11.2 Å². The number of fused-ring (bicyclic) bond motifs is 1. The van der Waals surface area contributed by atoms with E-state index in [0.29, 0.717) is 0 Å². The molecule has 3 aromatic rings. The summed E-state index contributed by atoms with van der Waals surface area (Å²) in [6.45, 7) is 2.91. The number of rotatable bonds is 4. The summed E-state index contributed by atoms with van der Waals surface area (Å²) in [5, 5.41) is 3.53. The molecule has 0 bridgehead atoms. The summed E-state index contributed by atoms with van der Waals surface area (Å²) in [7, 11) is 1.69. The van der Waals surface area contributed by atoms with Crippen LogP contribution in [0.1, 0.15) is 11.1 Å². The Morgan fingerprint density at radius 3 is 2.90 bits per heavy atom. The molecule has 0 atom stereocenters. The van der Waals surface area contributed by atoms with Crippen molar-refractivity contribution in [2.24, 2.45) is 0 Å². The molecule has 3 rings (SSSR count). The standard InChI is InChI=1S/C17H18N2O/c1-13-12-19-9-4-3-8-16(19)17(13)18-11-14-6-5-7-15(10-14)20-2/h3-10,12,18H,11H2,1-2H3. The average Bonchev–Trinajstić information content (AvgIpc) is 2.81. The first-order chi connectivity index (χ1) is 9.78. The van der Waals surface area contributed by atoms with E-state index < -0.39 is 0 Å². The number of hydrogen-bond acceptors (Lipinski definition) is 2. The SMILES string of the molecule is COc1cccc(CNc2c(C)cn3ccccc23)c1. The Morgan fingerprint density at radius 2 is 2.05 bits per heavy atom. The van der Waals surface area contributed by atoms with Gasteiger partial charge in [-0.25, -0.2) is 0 Å². The van der Waals surface area contributed by atoms with Gasteiger partial charge in [0, 0.05) is 18.9 Å². The fraction of sp³-hybridized carbons (Fsp3) is 0.176. The number of methoxy groups -OCH3 is 1. The second-order valence-corrected chi connectivity index (χ2v) is 4.89. The topological polar surface area (TPSA) is 25.7 Å². The third-order valence-electron chi connectivity index (χ3n) is 3.48. The quantitative estimate of drug-likeness (QED) is 0.775. The van der Waals surface area contributed by atoms with Gasteiger partial charge in [0.1, 0.15) is 5.75 Å². The molecule has 0 saturated heterocycles. The van der Waals surface area contributed by atoms with E-state index >= 15 is 0 Å². The summed E-state index contributed by atoms with van der Waals surface area (Å²) in [6, 6.07) is 14.4. The number of aryl methyl sites for hydroxylation is 1. The zero-order valence-electron chi connectivity index (χ0n) is 11.8. The normalized spacial score (nSPS) is 10.7. The van der Waals surface area contributed by atoms with Crippen molar-refractivity contribution in [3.63, 3.8) is 0 Å². The van der Waals surface area contributed by atoms with Crippen molar-refractivity contribution < 1.29 is 4.74 Å². The van der Waals surface area contributed by atoms with Gasteiger partial charge in [-0.1, -0.05) is 18.2 Å². The van der Waals surface area contributed by atoms with Crippen LogP contribution in [0.15, 0.2) is 54.9 Å². The third kappa shape index (κ3) is 2.35. The molecule has 0 radical (unpaired) electrons. The maximum Gasteiger partial charge on any atom is 0.119 e. The number of pyridine rings is 1. The van der Waals surface area contributed by atoms with Crippen LogP contribution < -0.4 is 10.1 Å². The zero-order chi connectivity index (χ0) is 13.9. The molecule has 2 heterocycles. The van der Waals surface area contributed by atoms with E-state index in [1.807, 2.05) is 18.2 Å². The number of anilines is 1. The maximum atomic E-state index is 5.25. The Hall–Kier alpha value is -2.42. The number of hydrogen-bond donors (Lipinski definition) is 1. The highest BCUT2D eigenvalue weighted by Gasteiger charge is 2.06. The summed E-state index contributed by atoms with van der Waals surface area (Å²) in [6.07, 6.45) is 4.21. The average molecular weight is 266 g/mol. The van der Waals surface area contributed by atoms with Crippen LogP contribution >= 0.6 is 0 Å². The lowest BCUT2D eigenvalue weighted by atomic mass is 10.2. The van der Waals surface area contributed by atoms with Gasteiger partial charge in [-0.2, -0.15) is 0 Å². The number of nitrogens with zero attached hydrogens (tertiary/aromatic N) is 1. The van der Waals surface area contributed by atoms with Gasteiger partial charge in [-0.3, -0.25) is 0 Å². The van der Waals surface area contributed by atoms with E-state index in [-0.39, 0.29) is 0 Å². The fourth-order valence-electron chi connectivity index (χ4n) is 2.46. The lowest BCUT2D eigenvalue weighted by Crippen LogP contribution is -2.00. The molecule has 0 aliphatic rings. The van der Waals surface area contributed by atoms with Crippen LogP contribution in [0.25, 0.3) is 5.52 Å². The minimum absolute atomic E-state index is 0.784. The van der Waals surface area contributed by atoms with E-state index in [4.69, 9.17) is 4.74 Å². The second kappa shape index (κ2) is 5.29. The van der Waals surface area contributed by atoms with Crippen molar-refractivity contribution in [1.82, 2.24) is 4.40 Å². The minimum atomic E-state index is 0.784. The van der Waals surface area contributed by atoms with Gasteiger partial charge in [0.15, 0.2) is 0 Å². The highest BCUT2D eigenvalue weighted by atomic mass is 16.5. The number of benzene rings is 1. The van der Waals surface area contributed by atoms with Crippen LogP contribution in [0.5, 0.6) is 5.75 Å². The van der Waals surface area contributed by atoms with E-state index in [1.165, 1.54) is 22.3 Å². The van der Waals surface area contributed by atoms with E-state index in [0.717, 1.165) is 12.3 Å². The first kappa shape index (κ1) is 12.6.